The number of esters is 2. The molecular weight excluding hydrogens is 288 g/mol. The van der Waals surface area contributed by atoms with Crippen molar-refractivity contribution >= 4 is 18.0 Å². The lowest BCUT2D eigenvalue weighted by molar-refractivity contribution is -0.145. The van der Waals surface area contributed by atoms with Crippen LogP contribution in [0.1, 0.15) is 5.56 Å². The molecule has 0 aliphatic carbocycles. The molecule has 0 unspecified atom stereocenters. The minimum absolute atomic E-state index is 0.0131. The second-order valence-electron chi connectivity index (χ2n) is 3.99. The summed E-state index contributed by atoms with van der Waals surface area (Å²) < 4.78 is 19.8. The van der Waals surface area contributed by atoms with E-state index in [1.54, 1.807) is 31.4 Å². The third kappa shape index (κ3) is 5.70. The number of hydrogen-bond acceptors (Lipinski definition) is 6. The van der Waals surface area contributed by atoms with E-state index in [4.69, 9.17) is 14.2 Å². The first kappa shape index (κ1) is 17.3. The van der Waals surface area contributed by atoms with Crippen molar-refractivity contribution < 1.29 is 28.5 Å². The van der Waals surface area contributed by atoms with E-state index in [0.29, 0.717) is 11.5 Å². The molecule has 0 aliphatic heterocycles. The van der Waals surface area contributed by atoms with Crippen LogP contribution in [0.15, 0.2) is 36.9 Å². The van der Waals surface area contributed by atoms with Gasteiger partial charge < -0.3 is 18.9 Å². The van der Waals surface area contributed by atoms with Gasteiger partial charge in [0.15, 0.2) is 11.5 Å². The molecule has 0 amide bonds. The van der Waals surface area contributed by atoms with Crippen LogP contribution >= 0.6 is 0 Å². The van der Waals surface area contributed by atoms with E-state index in [0.717, 1.165) is 11.6 Å². The van der Waals surface area contributed by atoms with E-state index >= 15 is 0 Å². The van der Waals surface area contributed by atoms with Crippen molar-refractivity contribution in [2.75, 3.05) is 27.4 Å². The van der Waals surface area contributed by atoms with Gasteiger partial charge in [-0.15, -0.1) is 0 Å². The fourth-order valence-electron chi connectivity index (χ4n) is 1.51. The summed E-state index contributed by atoms with van der Waals surface area (Å²) in [5.74, 6) is 0.0713. The van der Waals surface area contributed by atoms with E-state index in [1.807, 2.05) is 0 Å². The van der Waals surface area contributed by atoms with E-state index < -0.39 is 11.9 Å². The van der Waals surface area contributed by atoms with Gasteiger partial charge in [-0.1, -0.05) is 12.6 Å². The average molecular weight is 306 g/mol. The Kier molecular flexibility index (Phi) is 7.25. The zero-order valence-electron chi connectivity index (χ0n) is 12.5. The summed E-state index contributed by atoms with van der Waals surface area (Å²) in [7, 11) is 3.08. The van der Waals surface area contributed by atoms with Crippen LogP contribution in [-0.2, 0) is 19.1 Å². The number of methoxy groups -OCH3 is 2. The second kappa shape index (κ2) is 9.23. The summed E-state index contributed by atoms with van der Waals surface area (Å²) in [5.41, 5.74) is 0.757. The summed E-state index contributed by atoms with van der Waals surface area (Å²) in [4.78, 5) is 22.2. The van der Waals surface area contributed by atoms with Crippen LogP contribution in [0.5, 0.6) is 11.5 Å². The molecule has 118 valence electrons. The molecule has 0 saturated heterocycles. The molecule has 6 heteroatoms. The number of hydrogen-bond donors (Lipinski definition) is 0. The Bertz CT molecular complexity index is 562. The van der Waals surface area contributed by atoms with Crippen molar-refractivity contribution in [3.8, 4) is 11.5 Å². The van der Waals surface area contributed by atoms with Crippen LogP contribution in [0.4, 0.5) is 0 Å². The topological polar surface area (TPSA) is 71.1 Å². The van der Waals surface area contributed by atoms with Gasteiger partial charge in [0.05, 0.1) is 14.2 Å². The largest absolute Gasteiger partial charge is 0.493 e. The van der Waals surface area contributed by atoms with Crippen LogP contribution in [0, 0.1) is 0 Å². The minimum Gasteiger partial charge on any atom is -0.493 e. The van der Waals surface area contributed by atoms with Gasteiger partial charge in [-0.3, -0.25) is 0 Å². The van der Waals surface area contributed by atoms with E-state index in [2.05, 4.69) is 11.3 Å². The number of benzene rings is 1. The van der Waals surface area contributed by atoms with Crippen molar-refractivity contribution in [3.05, 3.63) is 42.5 Å². The van der Waals surface area contributed by atoms with Crippen molar-refractivity contribution in [3.63, 3.8) is 0 Å². The third-order valence-corrected chi connectivity index (χ3v) is 2.56. The highest BCUT2D eigenvalue weighted by Gasteiger charge is 2.04. The van der Waals surface area contributed by atoms with Gasteiger partial charge >= 0.3 is 11.9 Å². The van der Waals surface area contributed by atoms with Crippen LogP contribution in [0.2, 0.25) is 0 Å². The minimum atomic E-state index is -0.558. The Morgan fingerprint density at radius 1 is 1.05 bits per heavy atom. The second-order valence-corrected chi connectivity index (χ2v) is 3.99. The molecule has 0 heterocycles. The fourth-order valence-corrected chi connectivity index (χ4v) is 1.51. The van der Waals surface area contributed by atoms with Crippen molar-refractivity contribution in [1.29, 1.82) is 0 Å². The zero-order valence-corrected chi connectivity index (χ0v) is 12.5. The summed E-state index contributed by atoms with van der Waals surface area (Å²) >= 11 is 0. The highest BCUT2D eigenvalue weighted by molar-refractivity contribution is 5.87. The standard InChI is InChI=1S/C16H18O6/c1-4-15(17)21-9-10-22-16(18)8-6-12-5-7-13(19-2)14(11-12)20-3/h4-8,11H,1,9-10H2,2-3H3/b8-6+. The van der Waals surface area contributed by atoms with Crippen molar-refractivity contribution in [1.82, 2.24) is 0 Å². The first-order valence-electron chi connectivity index (χ1n) is 6.46. The van der Waals surface area contributed by atoms with Gasteiger partial charge in [-0.25, -0.2) is 9.59 Å². The average Bonchev–Trinajstić information content (AvgIpc) is 2.56. The molecule has 1 aromatic rings. The summed E-state index contributed by atoms with van der Waals surface area (Å²) in [6, 6.07) is 5.24. The monoisotopic (exact) mass is 306 g/mol. The highest BCUT2D eigenvalue weighted by Crippen LogP contribution is 2.27. The highest BCUT2D eigenvalue weighted by atomic mass is 16.6. The lowest BCUT2D eigenvalue weighted by Crippen LogP contribution is -2.11. The Labute approximate surface area is 128 Å². The molecular formula is C16H18O6. The Balaban J connectivity index is 2.48. The molecule has 0 aliphatic rings. The molecule has 1 rings (SSSR count). The maximum absolute atomic E-state index is 11.5. The van der Waals surface area contributed by atoms with Crippen molar-refractivity contribution in [2.24, 2.45) is 0 Å². The molecule has 0 radical (unpaired) electrons. The van der Waals surface area contributed by atoms with Crippen LogP contribution in [-0.4, -0.2) is 39.4 Å². The van der Waals surface area contributed by atoms with E-state index in [1.165, 1.54) is 13.2 Å². The quantitative estimate of drug-likeness (QED) is 0.415. The van der Waals surface area contributed by atoms with Gasteiger partial charge in [0.2, 0.25) is 0 Å². The smallest absolute Gasteiger partial charge is 0.330 e. The third-order valence-electron chi connectivity index (χ3n) is 2.56. The maximum atomic E-state index is 11.5. The van der Waals surface area contributed by atoms with Gasteiger partial charge in [0.1, 0.15) is 13.2 Å². The van der Waals surface area contributed by atoms with E-state index in [9.17, 15) is 9.59 Å². The SMILES string of the molecule is C=CC(=O)OCCOC(=O)/C=C/c1ccc(OC)c(OC)c1. The van der Waals surface area contributed by atoms with Gasteiger partial charge in [0, 0.05) is 12.2 Å². The predicted octanol–water partition coefficient (Wildman–Crippen LogP) is 1.99. The maximum Gasteiger partial charge on any atom is 0.330 e. The molecule has 6 nitrogen and oxygen atoms in total. The summed E-state index contributed by atoms with van der Waals surface area (Å²) in [5, 5.41) is 0. The molecule has 0 spiro atoms. The normalized spacial score (nSPS) is 10.1. The number of carbonyl (C=O) groups is 2. The molecule has 0 N–H and O–H groups in total. The van der Waals surface area contributed by atoms with Crippen LogP contribution in [0.3, 0.4) is 0 Å². The molecule has 0 saturated carbocycles. The molecule has 22 heavy (non-hydrogen) atoms. The van der Waals surface area contributed by atoms with Gasteiger partial charge in [0.25, 0.3) is 0 Å². The lowest BCUT2D eigenvalue weighted by Gasteiger charge is -2.07. The Morgan fingerprint density at radius 2 is 1.68 bits per heavy atom. The Morgan fingerprint density at radius 3 is 2.27 bits per heavy atom. The van der Waals surface area contributed by atoms with E-state index in [-0.39, 0.29) is 13.2 Å². The van der Waals surface area contributed by atoms with Gasteiger partial charge in [-0.05, 0) is 23.8 Å². The first-order valence-corrected chi connectivity index (χ1v) is 6.46. The first-order chi connectivity index (χ1) is 10.6. The molecule has 0 fully saturated rings. The van der Waals surface area contributed by atoms with Gasteiger partial charge in [-0.2, -0.15) is 0 Å². The number of carbonyl (C=O) groups excluding carboxylic acids is 2. The van der Waals surface area contributed by atoms with Crippen LogP contribution < -0.4 is 9.47 Å². The molecule has 0 bridgehead atoms. The molecule has 0 atom stereocenters. The summed E-state index contributed by atoms with van der Waals surface area (Å²) in [6.45, 7) is 3.22. The zero-order chi connectivity index (χ0) is 16.4. The van der Waals surface area contributed by atoms with Crippen molar-refractivity contribution in [2.45, 2.75) is 0 Å². The predicted molar refractivity (Wildman–Crippen MR) is 80.7 cm³/mol. The fraction of sp³-hybridized carbons (Fsp3) is 0.250. The molecule has 1 aromatic carbocycles. The number of rotatable bonds is 8. The molecule has 0 aromatic heterocycles. The lowest BCUT2D eigenvalue weighted by atomic mass is 10.2. The Hall–Kier alpha value is -2.76. The number of ether oxygens (including phenoxy) is 4. The van der Waals surface area contributed by atoms with Crippen LogP contribution in [0.25, 0.3) is 6.08 Å². The summed E-state index contributed by atoms with van der Waals surface area (Å²) in [6.07, 6.45) is 3.90.